The molecule has 0 radical (unpaired) electrons. The van der Waals surface area contributed by atoms with Crippen LogP contribution in [0, 0.1) is 0 Å². The summed E-state index contributed by atoms with van der Waals surface area (Å²) in [4.78, 5) is 24.3. The Hall–Kier alpha value is -1.98. The van der Waals surface area contributed by atoms with Crippen LogP contribution in [0.1, 0.15) is 20.8 Å². The molecule has 0 aliphatic carbocycles. The lowest BCUT2D eigenvalue weighted by Crippen LogP contribution is -2.70. The summed E-state index contributed by atoms with van der Waals surface area (Å²) >= 11 is 0. The Balaban J connectivity index is 1.46. The minimum absolute atomic E-state index is 0.716. The number of aliphatic hydroxyl groups is 14. The molecule has 16 N–H and O–H groups in total. The summed E-state index contributed by atoms with van der Waals surface area (Å²) in [5.41, 5.74) is 0. The van der Waals surface area contributed by atoms with Crippen LogP contribution in [0.25, 0.3) is 0 Å². The van der Waals surface area contributed by atoms with E-state index in [1.165, 1.54) is 6.92 Å². The zero-order valence-electron chi connectivity index (χ0n) is 33.0. The summed E-state index contributed by atoms with van der Waals surface area (Å²) in [6.07, 6.45) is -41.3. The standard InChI is InChI=1S/C34H58N2O25/c1-8-17(42)22(47)24(49)32(54-8)53-7-14-19(44)23(48)25(50)33(58-14)59-27-13(6-39)57-34(60-28-16(36-10(3)41)30(52)55-12(5-38)20(28)45)26(51)29(27)61-31-15(35-9(2)40)21(46)18(43)11(4-37)56-31/h8,11-34,37-39,42-52H,4-7H2,1-3H3,(H,35,40)(H,36,41)/t8-,11+,12+,13+,14+,15+,16+,17-,18+,19+,20+,21+,22+,23-,24+,25+,26+,27-,28+,29+,30?,31-,32+,33+,34+/m0/s1. The first kappa shape index (κ1) is 50.0. The molecule has 61 heavy (non-hydrogen) atoms. The summed E-state index contributed by atoms with van der Waals surface area (Å²) < 4.78 is 51.4. The number of hydrogen-bond donors (Lipinski definition) is 16. The molecule has 5 heterocycles. The van der Waals surface area contributed by atoms with Gasteiger partial charge in [-0.05, 0) is 6.92 Å². The lowest BCUT2D eigenvalue weighted by molar-refractivity contribution is -0.392. The van der Waals surface area contributed by atoms with E-state index in [1.807, 2.05) is 0 Å². The lowest BCUT2D eigenvalue weighted by atomic mass is 9.94. The van der Waals surface area contributed by atoms with Crippen LogP contribution < -0.4 is 10.6 Å². The molecule has 5 fully saturated rings. The van der Waals surface area contributed by atoms with Gasteiger partial charge in [-0.2, -0.15) is 0 Å². The molecule has 5 rings (SSSR count). The quantitative estimate of drug-likeness (QED) is 0.0770. The highest BCUT2D eigenvalue weighted by Crippen LogP contribution is 2.36. The van der Waals surface area contributed by atoms with Gasteiger partial charge in [0.25, 0.3) is 0 Å². The predicted molar refractivity (Wildman–Crippen MR) is 188 cm³/mol. The molecule has 27 nitrogen and oxygen atoms in total. The number of hydrogen-bond acceptors (Lipinski definition) is 25. The summed E-state index contributed by atoms with van der Waals surface area (Å²) in [5.74, 6) is -1.51. The number of rotatable bonds is 14. The zero-order valence-corrected chi connectivity index (χ0v) is 33.0. The summed E-state index contributed by atoms with van der Waals surface area (Å²) in [5, 5.41) is 154. The van der Waals surface area contributed by atoms with Gasteiger partial charge in [-0.15, -0.1) is 0 Å². The van der Waals surface area contributed by atoms with Crippen molar-refractivity contribution < 1.29 is 124 Å². The van der Waals surface area contributed by atoms with Crippen molar-refractivity contribution in [3.63, 3.8) is 0 Å². The lowest BCUT2D eigenvalue weighted by Gasteiger charge is -2.51. The van der Waals surface area contributed by atoms with E-state index in [2.05, 4.69) is 10.6 Å². The summed E-state index contributed by atoms with van der Waals surface area (Å²) in [7, 11) is 0. The van der Waals surface area contributed by atoms with E-state index in [0.29, 0.717) is 0 Å². The molecular weight excluding hydrogens is 836 g/mol. The van der Waals surface area contributed by atoms with Gasteiger partial charge in [-0.25, -0.2) is 0 Å². The Labute approximate surface area is 346 Å². The van der Waals surface area contributed by atoms with E-state index < -0.39 is 192 Å². The van der Waals surface area contributed by atoms with Crippen LogP contribution >= 0.6 is 0 Å². The van der Waals surface area contributed by atoms with Gasteiger partial charge in [0.2, 0.25) is 11.8 Å². The second-order valence-corrected chi connectivity index (χ2v) is 15.4. The van der Waals surface area contributed by atoms with Crippen molar-refractivity contribution in [2.45, 2.75) is 174 Å². The highest BCUT2D eigenvalue weighted by molar-refractivity contribution is 5.73. The van der Waals surface area contributed by atoms with Crippen molar-refractivity contribution in [1.82, 2.24) is 10.6 Å². The van der Waals surface area contributed by atoms with Gasteiger partial charge in [-0.3, -0.25) is 9.59 Å². The van der Waals surface area contributed by atoms with Crippen molar-refractivity contribution >= 4 is 11.8 Å². The Morgan fingerprint density at radius 1 is 0.459 bits per heavy atom. The molecule has 0 saturated carbocycles. The van der Waals surface area contributed by atoms with Crippen molar-refractivity contribution in [1.29, 1.82) is 0 Å². The van der Waals surface area contributed by atoms with Crippen molar-refractivity contribution in [2.75, 3.05) is 26.4 Å². The third-order valence-corrected chi connectivity index (χ3v) is 11.1. The molecule has 25 atom stereocenters. The van der Waals surface area contributed by atoms with Gasteiger partial charge in [-0.1, -0.05) is 0 Å². The summed E-state index contributed by atoms with van der Waals surface area (Å²) in [6, 6.07) is -3.22. The maximum atomic E-state index is 12.2. The van der Waals surface area contributed by atoms with E-state index in [4.69, 9.17) is 42.6 Å². The Morgan fingerprint density at radius 3 is 1.54 bits per heavy atom. The first-order valence-electron chi connectivity index (χ1n) is 19.4. The topological polar surface area (TPSA) is 424 Å². The molecule has 0 bridgehead atoms. The van der Waals surface area contributed by atoms with Crippen LogP contribution in [0.4, 0.5) is 0 Å². The van der Waals surface area contributed by atoms with Crippen molar-refractivity contribution in [2.24, 2.45) is 0 Å². The van der Waals surface area contributed by atoms with Crippen LogP contribution in [0.5, 0.6) is 0 Å². The highest BCUT2D eigenvalue weighted by Gasteiger charge is 2.57. The maximum Gasteiger partial charge on any atom is 0.217 e. The molecule has 27 heteroatoms. The molecule has 5 saturated heterocycles. The van der Waals surface area contributed by atoms with Crippen LogP contribution in [0.2, 0.25) is 0 Å². The van der Waals surface area contributed by atoms with E-state index in [0.717, 1.165) is 13.8 Å². The number of carbonyl (C=O) groups is 2. The van der Waals surface area contributed by atoms with Gasteiger partial charge >= 0.3 is 0 Å². The van der Waals surface area contributed by atoms with Crippen LogP contribution in [0.15, 0.2) is 0 Å². The van der Waals surface area contributed by atoms with Crippen molar-refractivity contribution in [3.05, 3.63) is 0 Å². The number of nitrogens with one attached hydrogen (secondary N) is 2. The second-order valence-electron chi connectivity index (χ2n) is 15.4. The van der Waals surface area contributed by atoms with Crippen LogP contribution in [-0.2, 0) is 52.2 Å². The largest absolute Gasteiger partial charge is 0.394 e. The average molecular weight is 895 g/mol. The van der Waals surface area contributed by atoms with Crippen LogP contribution in [0.3, 0.4) is 0 Å². The van der Waals surface area contributed by atoms with Gasteiger partial charge < -0.3 is 125 Å². The average Bonchev–Trinajstić information content (AvgIpc) is 3.22. The van der Waals surface area contributed by atoms with Crippen molar-refractivity contribution in [3.8, 4) is 0 Å². The zero-order chi connectivity index (χ0) is 45.2. The Kier molecular flexibility index (Phi) is 17.5. The monoisotopic (exact) mass is 894 g/mol. The van der Waals surface area contributed by atoms with E-state index in [-0.39, 0.29) is 0 Å². The molecule has 0 aromatic heterocycles. The molecule has 2 amide bonds. The van der Waals surface area contributed by atoms with Gasteiger partial charge in [0, 0.05) is 13.8 Å². The number of aliphatic hydroxyl groups excluding tert-OH is 14. The number of ether oxygens (including phenoxy) is 9. The number of amides is 2. The second kappa shape index (κ2) is 21.3. The molecule has 0 aromatic rings. The third-order valence-electron chi connectivity index (χ3n) is 11.1. The van der Waals surface area contributed by atoms with Gasteiger partial charge in [0.15, 0.2) is 31.5 Å². The minimum atomic E-state index is -2.20. The SMILES string of the molecule is CC(=O)N[C@H]1[C@H](O[C@@H]2[C@@H](O)[C@@H](O[C@H]3[C@H](O)[C@@H](CO)OC(O)[C@@H]3NC(C)=O)O[C@H](CO)[C@@H]2O[C@H]2O[C@H](CO[C@@H]3O[C@@H](C)[C@H](O)[C@@H](O)[C@H]3O)[C@@H](O)[C@H](O)[C@H]2O)O[C@H](CO)[C@@H](O)[C@@H]1O. The normalized spacial score (nSPS) is 49.6. The Bertz CT molecular complexity index is 1420. The first-order chi connectivity index (χ1) is 28.7. The Morgan fingerprint density at radius 2 is 0.934 bits per heavy atom. The molecule has 0 aromatic carbocycles. The molecule has 5 aliphatic heterocycles. The maximum absolute atomic E-state index is 12.2. The molecule has 1 unspecified atom stereocenters. The fraction of sp³-hybridized carbons (Fsp3) is 0.941. The molecule has 5 aliphatic rings. The van der Waals surface area contributed by atoms with Crippen LogP contribution in [-0.4, -0.2) is 263 Å². The van der Waals surface area contributed by atoms with Gasteiger partial charge in [0.05, 0.1) is 32.5 Å². The molecular formula is C34H58N2O25. The highest BCUT2D eigenvalue weighted by atomic mass is 16.8. The van der Waals surface area contributed by atoms with E-state index in [9.17, 15) is 81.1 Å². The first-order valence-corrected chi connectivity index (χ1v) is 19.4. The summed E-state index contributed by atoms with van der Waals surface area (Å²) in [6.45, 7) is -0.0430. The third kappa shape index (κ3) is 10.9. The smallest absolute Gasteiger partial charge is 0.217 e. The molecule has 354 valence electrons. The minimum Gasteiger partial charge on any atom is -0.394 e. The van der Waals surface area contributed by atoms with E-state index in [1.54, 1.807) is 0 Å². The van der Waals surface area contributed by atoms with E-state index >= 15 is 0 Å². The molecule has 0 spiro atoms. The van der Waals surface area contributed by atoms with Gasteiger partial charge in [0.1, 0.15) is 116 Å². The predicted octanol–water partition coefficient (Wildman–Crippen LogP) is -10.6. The number of carbonyl (C=O) groups excluding carboxylic acids is 2. The fourth-order valence-electron chi connectivity index (χ4n) is 7.67. The fourth-order valence-corrected chi connectivity index (χ4v) is 7.67.